The number of aryl methyl sites for hydroxylation is 1. The Kier molecular flexibility index (Phi) is 8.41. The lowest BCUT2D eigenvalue weighted by atomic mass is 9.92. The number of anilines is 1. The summed E-state index contributed by atoms with van der Waals surface area (Å²) in [4.78, 5) is 11.4. The highest BCUT2D eigenvalue weighted by Gasteiger charge is 2.27. The first kappa shape index (κ1) is 25.1. The third kappa shape index (κ3) is 6.73. The van der Waals surface area contributed by atoms with Gasteiger partial charge in [0.1, 0.15) is 6.10 Å². The van der Waals surface area contributed by atoms with Gasteiger partial charge in [0, 0.05) is 31.7 Å². The Balaban J connectivity index is 1.63. The van der Waals surface area contributed by atoms with Crippen molar-refractivity contribution in [2.75, 3.05) is 24.2 Å². The zero-order chi connectivity index (χ0) is 24.0. The number of sulfone groups is 1. The second kappa shape index (κ2) is 11.1. The molecular weight excluding hydrogens is 460 g/mol. The van der Waals surface area contributed by atoms with E-state index in [-0.39, 0.29) is 15.8 Å². The van der Waals surface area contributed by atoms with Gasteiger partial charge < -0.3 is 9.64 Å². The molecule has 1 N–H and O–H groups in total. The minimum absolute atomic E-state index is 0.0760. The fourth-order valence-electron chi connectivity index (χ4n) is 3.55. The summed E-state index contributed by atoms with van der Waals surface area (Å²) in [7, 11) is -3.44. The normalized spacial score (nSPS) is 17.0. The van der Waals surface area contributed by atoms with Gasteiger partial charge in [0.15, 0.2) is 9.84 Å². The number of ether oxygens (including phenoxy) is 1. The average Bonchev–Trinajstić information content (AvgIpc) is 3.14. The second-order valence-electron chi connectivity index (χ2n) is 8.12. The fraction of sp³-hybridized carbons (Fsp3) is 0.545. The zero-order valence-corrected chi connectivity index (χ0v) is 21.2. The Morgan fingerprint density at radius 3 is 2.55 bits per heavy atom. The molecule has 1 aliphatic rings. The van der Waals surface area contributed by atoms with Crippen molar-refractivity contribution in [3.05, 3.63) is 39.8 Å². The quantitative estimate of drug-likeness (QED) is 0.534. The van der Waals surface area contributed by atoms with E-state index in [0.29, 0.717) is 17.5 Å². The summed E-state index contributed by atoms with van der Waals surface area (Å²) in [5.74, 6) is 1.11. The molecule has 1 aliphatic heterocycles. The van der Waals surface area contributed by atoms with Crippen molar-refractivity contribution in [1.29, 1.82) is 5.41 Å². The van der Waals surface area contributed by atoms with E-state index in [1.165, 1.54) is 17.0 Å². The van der Waals surface area contributed by atoms with Crippen molar-refractivity contribution in [2.24, 2.45) is 5.92 Å². The lowest BCUT2D eigenvalue weighted by Crippen LogP contribution is -2.39. The molecule has 2 aromatic heterocycles. The van der Waals surface area contributed by atoms with Gasteiger partial charge in [0.25, 0.3) is 5.19 Å². The SMILES string of the molecule is CC/C=C\C(=C/n1nc(O[C@@H](C)C2CCN(c3ncc(CC)cn3)CC2)sc1=N)S(C)(=O)=O. The Morgan fingerprint density at radius 1 is 1.30 bits per heavy atom. The molecule has 0 spiro atoms. The molecule has 11 heteroatoms. The molecule has 1 atom stereocenters. The Morgan fingerprint density at radius 2 is 1.97 bits per heavy atom. The highest BCUT2D eigenvalue weighted by atomic mass is 32.2. The van der Waals surface area contributed by atoms with Crippen LogP contribution in [0.4, 0.5) is 5.95 Å². The molecule has 0 aromatic carbocycles. The van der Waals surface area contributed by atoms with Gasteiger partial charge in [0.05, 0.1) is 11.1 Å². The molecule has 180 valence electrons. The largest absolute Gasteiger partial charge is 0.466 e. The molecule has 33 heavy (non-hydrogen) atoms. The van der Waals surface area contributed by atoms with E-state index in [0.717, 1.165) is 61.5 Å². The Bertz CT molecular complexity index is 1140. The van der Waals surface area contributed by atoms with Gasteiger partial charge in [0.2, 0.25) is 10.7 Å². The monoisotopic (exact) mass is 492 g/mol. The summed E-state index contributed by atoms with van der Waals surface area (Å²) in [6, 6.07) is 0. The molecule has 0 bridgehead atoms. The minimum Gasteiger partial charge on any atom is -0.466 e. The first-order valence-corrected chi connectivity index (χ1v) is 13.9. The maximum absolute atomic E-state index is 12.0. The maximum atomic E-state index is 12.0. The zero-order valence-electron chi connectivity index (χ0n) is 19.6. The van der Waals surface area contributed by atoms with Crippen molar-refractivity contribution in [1.82, 2.24) is 19.7 Å². The van der Waals surface area contributed by atoms with Crippen LogP contribution in [0.5, 0.6) is 5.19 Å². The van der Waals surface area contributed by atoms with E-state index in [9.17, 15) is 8.42 Å². The molecule has 0 saturated carbocycles. The number of hydrogen-bond donors (Lipinski definition) is 1. The number of nitrogens with one attached hydrogen (secondary N) is 1. The van der Waals surface area contributed by atoms with Crippen molar-refractivity contribution < 1.29 is 13.2 Å². The van der Waals surface area contributed by atoms with Crippen LogP contribution in [0.3, 0.4) is 0 Å². The lowest BCUT2D eigenvalue weighted by Gasteiger charge is -2.34. The van der Waals surface area contributed by atoms with E-state index >= 15 is 0 Å². The summed E-state index contributed by atoms with van der Waals surface area (Å²) >= 11 is 1.09. The van der Waals surface area contributed by atoms with Gasteiger partial charge in [-0.3, -0.25) is 5.41 Å². The summed E-state index contributed by atoms with van der Waals surface area (Å²) < 4.78 is 31.4. The molecule has 1 saturated heterocycles. The first-order chi connectivity index (χ1) is 15.7. The van der Waals surface area contributed by atoms with Crippen LogP contribution < -0.4 is 14.4 Å². The standard InChI is InChI=1S/C22H32N6O3S2/c1-5-7-8-19(33(4,29)30)15-28-20(23)32-22(26-28)31-16(3)18-9-11-27(12-10-18)21-24-13-17(6-2)14-25-21/h7-8,13-16,18,23H,5-6,9-12H2,1-4H3/b8-7-,19-15+,23-20?/t16-/m0/s1. The summed E-state index contributed by atoms with van der Waals surface area (Å²) in [6.07, 6.45) is 13.0. The van der Waals surface area contributed by atoms with Crippen LogP contribution in [-0.4, -0.2) is 53.6 Å². The number of aromatic nitrogens is 4. The fourth-order valence-corrected chi connectivity index (χ4v) is 4.87. The summed E-state index contributed by atoms with van der Waals surface area (Å²) in [6.45, 7) is 7.74. The third-order valence-corrected chi connectivity index (χ3v) is 7.48. The molecule has 2 aromatic rings. The Labute approximate surface area is 199 Å². The molecule has 0 radical (unpaired) electrons. The number of piperidine rings is 1. The number of rotatable bonds is 9. The van der Waals surface area contributed by atoms with Gasteiger partial charge in [-0.25, -0.2) is 23.1 Å². The minimum atomic E-state index is -3.44. The Hall–Kier alpha value is -2.53. The van der Waals surface area contributed by atoms with E-state index in [1.54, 1.807) is 6.08 Å². The van der Waals surface area contributed by atoms with E-state index in [1.807, 2.05) is 26.2 Å². The molecule has 0 aliphatic carbocycles. The number of hydrogen-bond acceptors (Lipinski definition) is 9. The molecule has 9 nitrogen and oxygen atoms in total. The van der Waals surface area contributed by atoms with Crippen LogP contribution in [0.15, 0.2) is 29.5 Å². The number of nitrogens with zero attached hydrogens (tertiary/aromatic N) is 5. The molecular formula is C22H32N6O3S2. The summed E-state index contributed by atoms with van der Waals surface area (Å²) in [5.41, 5.74) is 1.13. The van der Waals surface area contributed by atoms with Crippen molar-refractivity contribution in [3.8, 4) is 5.19 Å². The average molecular weight is 493 g/mol. The van der Waals surface area contributed by atoms with E-state index in [2.05, 4.69) is 26.9 Å². The van der Waals surface area contributed by atoms with Gasteiger partial charge >= 0.3 is 0 Å². The van der Waals surface area contributed by atoms with Crippen LogP contribution in [0.25, 0.3) is 6.20 Å². The van der Waals surface area contributed by atoms with Crippen LogP contribution in [0.2, 0.25) is 0 Å². The molecule has 0 unspecified atom stereocenters. The van der Waals surface area contributed by atoms with Crippen molar-refractivity contribution in [2.45, 2.75) is 52.6 Å². The predicted octanol–water partition coefficient (Wildman–Crippen LogP) is 3.27. The highest BCUT2D eigenvalue weighted by Crippen LogP contribution is 2.26. The van der Waals surface area contributed by atoms with Crippen LogP contribution in [0.1, 0.15) is 45.6 Å². The van der Waals surface area contributed by atoms with Crippen molar-refractivity contribution >= 4 is 33.3 Å². The van der Waals surface area contributed by atoms with Gasteiger partial charge in [-0.2, -0.15) is 0 Å². The van der Waals surface area contributed by atoms with Crippen LogP contribution >= 0.6 is 11.3 Å². The topological polar surface area (TPSA) is 114 Å². The third-order valence-electron chi connectivity index (χ3n) is 5.65. The van der Waals surface area contributed by atoms with E-state index < -0.39 is 9.84 Å². The maximum Gasteiger partial charge on any atom is 0.294 e. The van der Waals surface area contributed by atoms with Crippen molar-refractivity contribution in [3.63, 3.8) is 0 Å². The van der Waals surface area contributed by atoms with Gasteiger partial charge in [-0.05, 0) is 61.5 Å². The van der Waals surface area contributed by atoms with Gasteiger partial charge in [-0.1, -0.05) is 19.9 Å². The van der Waals surface area contributed by atoms with Crippen LogP contribution in [-0.2, 0) is 16.3 Å². The first-order valence-electron chi connectivity index (χ1n) is 11.2. The second-order valence-corrected chi connectivity index (χ2v) is 11.1. The van der Waals surface area contributed by atoms with Gasteiger partial charge in [-0.15, -0.1) is 5.10 Å². The van der Waals surface area contributed by atoms with E-state index in [4.69, 9.17) is 10.1 Å². The smallest absolute Gasteiger partial charge is 0.294 e. The lowest BCUT2D eigenvalue weighted by molar-refractivity contribution is 0.131. The predicted molar refractivity (Wildman–Crippen MR) is 131 cm³/mol. The van der Waals surface area contributed by atoms with Crippen LogP contribution in [0, 0.1) is 11.3 Å². The molecule has 0 amide bonds. The highest BCUT2D eigenvalue weighted by molar-refractivity contribution is 7.94. The molecule has 3 heterocycles. The number of allylic oxidation sites excluding steroid dienone is 2. The molecule has 3 rings (SSSR count). The molecule has 1 fully saturated rings. The summed E-state index contributed by atoms with van der Waals surface area (Å²) in [5, 5.41) is 12.8.